The van der Waals surface area contributed by atoms with Gasteiger partial charge in [-0.05, 0) is 11.0 Å². The van der Waals surface area contributed by atoms with Gasteiger partial charge in [-0.1, -0.05) is 45.0 Å². The zero-order chi connectivity index (χ0) is 18.5. The predicted octanol–water partition coefficient (Wildman–Crippen LogP) is 1.65. The number of hydrogen-bond donors (Lipinski definition) is 1. The van der Waals surface area contributed by atoms with E-state index in [4.69, 9.17) is 0 Å². The average Bonchev–Trinajstić information content (AvgIpc) is 2.82. The summed E-state index contributed by atoms with van der Waals surface area (Å²) in [6.07, 6.45) is 2.20. The van der Waals surface area contributed by atoms with Crippen LogP contribution in [0.2, 0.25) is 0 Å². The van der Waals surface area contributed by atoms with Crippen LogP contribution in [0.5, 0.6) is 0 Å². The lowest BCUT2D eigenvalue weighted by Crippen LogP contribution is -2.52. The minimum Gasteiger partial charge on any atom is -0.326 e. The Morgan fingerprint density at radius 1 is 1.12 bits per heavy atom. The molecule has 7 heteroatoms. The minimum absolute atomic E-state index is 0.0535. The van der Waals surface area contributed by atoms with E-state index in [1.54, 1.807) is 0 Å². The van der Waals surface area contributed by atoms with Gasteiger partial charge in [-0.25, -0.2) is 12.7 Å². The van der Waals surface area contributed by atoms with Crippen molar-refractivity contribution < 1.29 is 13.2 Å². The minimum atomic E-state index is -3.20. The summed E-state index contributed by atoms with van der Waals surface area (Å²) in [6.45, 7) is 7.18. The van der Waals surface area contributed by atoms with Gasteiger partial charge in [0.15, 0.2) is 0 Å². The Kier molecular flexibility index (Phi) is 4.28. The van der Waals surface area contributed by atoms with Crippen LogP contribution in [0.1, 0.15) is 44.7 Å². The first-order valence-corrected chi connectivity index (χ1v) is 10.3. The molecule has 0 aliphatic carbocycles. The molecule has 2 heterocycles. The van der Waals surface area contributed by atoms with Gasteiger partial charge < -0.3 is 5.32 Å². The Morgan fingerprint density at radius 3 is 2.16 bits per heavy atom. The fourth-order valence-corrected chi connectivity index (χ4v) is 4.16. The van der Waals surface area contributed by atoms with E-state index in [0.717, 1.165) is 5.56 Å². The zero-order valence-corrected chi connectivity index (χ0v) is 16.0. The third-order valence-electron chi connectivity index (χ3n) is 4.93. The number of nitrogens with one attached hydrogen (secondary N) is 1. The predicted molar refractivity (Wildman–Crippen MR) is 98.2 cm³/mol. The van der Waals surface area contributed by atoms with E-state index < -0.39 is 15.7 Å². The topological polar surface area (TPSA) is 78.8 Å². The smallest absolute Gasteiger partial charge is 0.272 e. The number of nitrogens with zero attached hydrogens (tertiary/aromatic N) is 2. The van der Waals surface area contributed by atoms with Crippen LogP contribution in [0, 0.1) is 0 Å². The largest absolute Gasteiger partial charge is 0.326 e. The molecule has 1 saturated heterocycles. The van der Waals surface area contributed by atoms with Crippen molar-refractivity contribution in [3.8, 4) is 0 Å². The second kappa shape index (κ2) is 5.92. The van der Waals surface area contributed by atoms with E-state index in [-0.39, 0.29) is 11.3 Å². The van der Waals surface area contributed by atoms with Crippen molar-refractivity contribution in [2.75, 3.05) is 19.3 Å². The Morgan fingerprint density at radius 2 is 1.68 bits per heavy atom. The van der Waals surface area contributed by atoms with Crippen molar-refractivity contribution in [1.29, 1.82) is 0 Å². The van der Waals surface area contributed by atoms with E-state index in [9.17, 15) is 13.2 Å². The third-order valence-corrected chi connectivity index (χ3v) is 6.23. The van der Waals surface area contributed by atoms with Gasteiger partial charge in [-0.2, -0.15) is 0 Å². The second-order valence-electron chi connectivity index (χ2n) is 7.94. The van der Waals surface area contributed by atoms with Crippen LogP contribution < -0.4 is 5.32 Å². The first-order valence-electron chi connectivity index (χ1n) is 8.49. The molecule has 1 aromatic carbocycles. The number of carbonyl (C=O) groups is 1. The highest BCUT2D eigenvalue weighted by Crippen LogP contribution is 2.30. The lowest BCUT2D eigenvalue weighted by molar-refractivity contribution is -0.115. The number of piperidine rings is 1. The zero-order valence-electron chi connectivity index (χ0n) is 15.2. The maximum Gasteiger partial charge on any atom is 0.272 e. The van der Waals surface area contributed by atoms with E-state index in [0.29, 0.717) is 31.6 Å². The molecule has 0 saturated carbocycles. The molecule has 6 nitrogen and oxygen atoms in total. The van der Waals surface area contributed by atoms with Crippen molar-refractivity contribution >= 4 is 21.6 Å². The van der Waals surface area contributed by atoms with Crippen LogP contribution >= 0.6 is 0 Å². The van der Waals surface area contributed by atoms with Gasteiger partial charge in [-0.3, -0.25) is 9.79 Å². The molecule has 2 aliphatic heterocycles. The molecule has 1 amide bonds. The Labute approximate surface area is 149 Å². The molecule has 0 aromatic heterocycles. The number of hydrogen-bond acceptors (Lipinski definition) is 4. The number of sulfonamides is 1. The van der Waals surface area contributed by atoms with E-state index in [1.807, 2.05) is 24.3 Å². The highest BCUT2D eigenvalue weighted by molar-refractivity contribution is 7.88. The van der Waals surface area contributed by atoms with Gasteiger partial charge in [0.25, 0.3) is 5.91 Å². The lowest BCUT2D eigenvalue weighted by atomic mass is 9.86. The van der Waals surface area contributed by atoms with Gasteiger partial charge in [0.05, 0.1) is 6.26 Å². The number of rotatable bonds is 2. The normalized spacial score (nSPS) is 21.3. The molecule has 136 valence electrons. The van der Waals surface area contributed by atoms with Crippen LogP contribution in [0.25, 0.3) is 0 Å². The number of amides is 1. The van der Waals surface area contributed by atoms with Crippen molar-refractivity contribution in [2.45, 2.75) is 44.7 Å². The third kappa shape index (κ3) is 3.62. The molecule has 1 N–H and O–H groups in total. The first-order chi connectivity index (χ1) is 11.5. The van der Waals surface area contributed by atoms with Crippen LogP contribution in [-0.4, -0.2) is 49.4 Å². The van der Waals surface area contributed by atoms with Crippen molar-refractivity contribution in [2.24, 2.45) is 4.99 Å². The number of benzene rings is 1. The molecule has 1 fully saturated rings. The summed E-state index contributed by atoms with van der Waals surface area (Å²) >= 11 is 0. The quantitative estimate of drug-likeness (QED) is 0.868. The monoisotopic (exact) mass is 363 g/mol. The summed E-state index contributed by atoms with van der Waals surface area (Å²) in [5, 5.41) is 2.97. The molecule has 0 unspecified atom stereocenters. The Bertz CT molecular complexity index is 812. The molecule has 2 aliphatic rings. The number of carbonyl (C=O) groups excluding carboxylic acids is 1. The van der Waals surface area contributed by atoms with Gasteiger partial charge in [0, 0.05) is 31.5 Å². The Hall–Kier alpha value is -1.73. The van der Waals surface area contributed by atoms with Gasteiger partial charge >= 0.3 is 0 Å². The molecule has 25 heavy (non-hydrogen) atoms. The maximum absolute atomic E-state index is 12.4. The highest BCUT2D eigenvalue weighted by Gasteiger charge is 2.43. The fourth-order valence-electron chi connectivity index (χ4n) is 3.31. The van der Waals surface area contributed by atoms with E-state index in [1.165, 1.54) is 16.1 Å². The molecule has 0 bridgehead atoms. The lowest BCUT2D eigenvalue weighted by Gasteiger charge is -2.35. The van der Waals surface area contributed by atoms with Gasteiger partial charge in [0.2, 0.25) is 10.0 Å². The van der Waals surface area contributed by atoms with Crippen LogP contribution in [0.15, 0.2) is 29.3 Å². The first kappa shape index (κ1) is 18.1. The molecule has 3 rings (SSSR count). The summed E-state index contributed by atoms with van der Waals surface area (Å²) in [6, 6.07) is 7.93. The summed E-state index contributed by atoms with van der Waals surface area (Å²) in [5.41, 5.74) is 1.82. The van der Waals surface area contributed by atoms with Crippen molar-refractivity contribution in [1.82, 2.24) is 9.62 Å². The van der Waals surface area contributed by atoms with Crippen LogP contribution in [0.4, 0.5) is 0 Å². The molecular formula is C18H25N3O3S. The highest BCUT2D eigenvalue weighted by atomic mass is 32.2. The van der Waals surface area contributed by atoms with Crippen LogP contribution in [0.3, 0.4) is 0 Å². The Balaban J connectivity index is 1.82. The van der Waals surface area contributed by atoms with Gasteiger partial charge in [-0.15, -0.1) is 0 Å². The number of aliphatic imine (C=N–C) groups is 1. The summed E-state index contributed by atoms with van der Waals surface area (Å²) in [4.78, 5) is 17.1. The standard InChI is InChI=1S/C18H25N3O3S/c1-17(2,3)14-7-5-13(6-8-14)15-16(22)20-18(19-15)9-11-21(12-10-18)25(4,23)24/h5-8H,9-12H2,1-4H3,(H,20,22). The summed E-state index contributed by atoms with van der Waals surface area (Å²) < 4.78 is 24.8. The molecular weight excluding hydrogens is 338 g/mol. The fraction of sp³-hybridized carbons (Fsp3) is 0.556. The average molecular weight is 363 g/mol. The van der Waals surface area contributed by atoms with Crippen LogP contribution in [-0.2, 0) is 20.2 Å². The molecule has 0 radical (unpaired) electrons. The van der Waals surface area contributed by atoms with Gasteiger partial charge in [0.1, 0.15) is 11.4 Å². The van der Waals surface area contributed by atoms with Crippen molar-refractivity contribution in [3.05, 3.63) is 35.4 Å². The molecule has 1 spiro atoms. The second-order valence-corrected chi connectivity index (χ2v) is 9.92. The van der Waals surface area contributed by atoms with E-state index >= 15 is 0 Å². The summed E-state index contributed by atoms with van der Waals surface area (Å²) in [5.74, 6) is -0.184. The summed E-state index contributed by atoms with van der Waals surface area (Å²) in [7, 11) is -3.20. The SMILES string of the molecule is CC(C)(C)c1ccc(C2=NC3(CCN(S(C)(=O)=O)CC3)NC2=O)cc1. The maximum atomic E-state index is 12.4. The van der Waals surface area contributed by atoms with E-state index in [2.05, 4.69) is 31.1 Å². The van der Waals surface area contributed by atoms with Crippen molar-refractivity contribution in [3.63, 3.8) is 0 Å². The molecule has 0 atom stereocenters. The molecule has 1 aromatic rings.